The second-order valence-electron chi connectivity index (χ2n) is 4.77. The summed E-state index contributed by atoms with van der Waals surface area (Å²) in [4.78, 5) is 11.9. The fourth-order valence-corrected chi connectivity index (χ4v) is 1.95. The Labute approximate surface area is 122 Å². The molecule has 1 N–H and O–H groups in total. The van der Waals surface area contributed by atoms with Crippen LogP contribution < -0.4 is 10.1 Å². The van der Waals surface area contributed by atoms with E-state index in [1.807, 2.05) is 20.9 Å². The summed E-state index contributed by atoms with van der Waals surface area (Å²) in [5.74, 6) is 0.0804. The van der Waals surface area contributed by atoms with Gasteiger partial charge in [-0.15, -0.1) is 0 Å². The third kappa shape index (κ3) is 3.81. The predicted molar refractivity (Wildman–Crippen MR) is 77.8 cm³/mol. The first-order valence-corrected chi connectivity index (χ1v) is 6.66. The van der Waals surface area contributed by atoms with Crippen LogP contribution in [0, 0.1) is 19.7 Å². The van der Waals surface area contributed by atoms with Gasteiger partial charge in [0.15, 0.2) is 0 Å². The number of nitrogens with zero attached hydrogens (tertiary/aromatic N) is 2. The monoisotopic (exact) mass is 291 g/mol. The van der Waals surface area contributed by atoms with E-state index in [0.717, 1.165) is 17.1 Å². The normalized spacial score (nSPS) is 10.5. The molecular formula is C15H18FN3O2. The minimum atomic E-state index is -0.317. The zero-order valence-electron chi connectivity index (χ0n) is 12.3. The van der Waals surface area contributed by atoms with Crippen LogP contribution in [0.25, 0.3) is 0 Å². The number of hydrogen-bond acceptors (Lipinski definition) is 3. The molecule has 1 aromatic heterocycles. The predicted octanol–water partition coefficient (Wildman–Crippen LogP) is 2.58. The summed E-state index contributed by atoms with van der Waals surface area (Å²) < 4.78 is 19.8. The van der Waals surface area contributed by atoms with E-state index in [4.69, 9.17) is 4.74 Å². The zero-order valence-corrected chi connectivity index (χ0v) is 12.3. The fourth-order valence-electron chi connectivity index (χ4n) is 1.95. The molecule has 6 heteroatoms. The van der Waals surface area contributed by atoms with Gasteiger partial charge in [-0.3, -0.25) is 9.48 Å². The lowest BCUT2D eigenvalue weighted by molar-refractivity contribution is -0.116. The molecule has 0 bridgehead atoms. The van der Waals surface area contributed by atoms with E-state index in [1.165, 1.54) is 24.3 Å². The van der Waals surface area contributed by atoms with Crippen LogP contribution in [0.4, 0.5) is 10.1 Å². The number of halogens is 1. The Hall–Kier alpha value is -2.37. The van der Waals surface area contributed by atoms with Crippen molar-refractivity contribution in [3.63, 3.8) is 0 Å². The van der Waals surface area contributed by atoms with Gasteiger partial charge in [-0.25, -0.2) is 4.39 Å². The third-order valence-electron chi connectivity index (χ3n) is 3.18. The van der Waals surface area contributed by atoms with Crippen molar-refractivity contribution < 1.29 is 13.9 Å². The van der Waals surface area contributed by atoms with Gasteiger partial charge in [0.2, 0.25) is 5.91 Å². The Kier molecular flexibility index (Phi) is 4.57. The van der Waals surface area contributed by atoms with Gasteiger partial charge in [-0.05, 0) is 38.1 Å². The highest BCUT2D eigenvalue weighted by atomic mass is 19.1. The van der Waals surface area contributed by atoms with E-state index >= 15 is 0 Å². The van der Waals surface area contributed by atoms with Crippen molar-refractivity contribution in [1.29, 1.82) is 0 Å². The highest BCUT2D eigenvalue weighted by Crippen LogP contribution is 2.18. The van der Waals surface area contributed by atoms with Crippen LogP contribution >= 0.6 is 0 Å². The van der Waals surface area contributed by atoms with Crippen LogP contribution in [-0.2, 0) is 11.8 Å². The number of ether oxygens (including phenoxy) is 1. The lowest BCUT2D eigenvalue weighted by atomic mass is 10.3. The van der Waals surface area contributed by atoms with E-state index in [9.17, 15) is 9.18 Å². The SMILES string of the molecule is Cc1nn(C)c(C)c1NC(=O)CCOc1ccc(F)cc1. The first-order valence-electron chi connectivity index (χ1n) is 6.66. The van der Waals surface area contributed by atoms with E-state index < -0.39 is 0 Å². The lowest BCUT2D eigenvalue weighted by Gasteiger charge is -2.07. The van der Waals surface area contributed by atoms with Gasteiger partial charge in [0.05, 0.1) is 30.1 Å². The number of aryl methyl sites for hydroxylation is 2. The number of hydrogen-bond donors (Lipinski definition) is 1. The van der Waals surface area contributed by atoms with Crippen molar-refractivity contribution in [1.82, 2.24) is 9.78 Å². The molecule has 1 aromatic carbocycles. The molecule has 1 heterocycles. The molecule has 21 heavy (non-hydrogen) atoms. The smallest absolute Gasteiger partial charge is 0.227 e. The van der Waals surface area contributed by atoms with Crippen LogP contribution in [0.5, 0.6) is 5.75 Å². The summed E-state index contributed by atoms with van der Waals surface area (Å²) in [6, 6.07) is 5.70. The zero-order chi connectivity index (χ0) is 15.4. The molecule has 2 aromatic rings. The molecule has 112 valence electrons. The Morgan fingerprint density at radius 3 is 2.57 bits per heavy atom. The number of benzene rings is 1. The number of amides is 1. The summed E-state index contributed by atoms with van der Waals surface area (Å²) in [6.45, 7) is 3.97. The first-order chi connectivity index (χ1) is 9.97. The van der Waals surface area contributed by atoms with Crippen molar-refractivity contribution in [2.75, 3.05) is 11.9 Å². The lowest BCUT2D eigenvalue weighted by Crippen LogP contribution is -2.16. The number of carbonyl (C=O) groups excluding carboxylic acids is 1. The van der Waals surface area contributed by atoms with Crippen LogP contribution in [0.1, 0.15) is 17.8 Å². The third-order valence-corrected chi connectivity index (χ3v) is 3.18. The van der Waals surface area contributed by atoms with Crippen LogP contribution in [0.15, 0.2) is 24.3 Å². The van der Waals surface area contributed by atoms with E-state index in [1.54, 1.807) is 4.68 Å². The summed E-state index contributed by atoms with van der Waals surface area (Å²) in [7, 11) is 1.83. The number of nitrogens with one attached hydrogen (secondary N) is 1. The molecule has 2 rings (SSSR count). The van der Waals surface area contributed by atoms with Gasteiger partial charge in [0.25, 0.3) is 0 Å². The van der Waals surface area contributed by atoms with E-state index in [2.05, 4.69) is 10.4 Å². The van der Waals surface area contributed by atoms with Gasteiger partial charge in [-0.1, -0.05) is 0 Å². The quantitative estimate of drug-likeness (QED) is 0.921. The minimum absolute atomic E-state index is 0.142. The second kappa shape index (κ2) is 6.39. The maximum absolute atomic E-state index is 12.7. The fraction of sp³-hybridized carbons (Fsp3) is 0.333. The highest BCUT2D eigenvalue weighted by Gasteiger charge is 2.12. The van der Waals surface area contributed by atoms with Gasteiger partial charge in [0, 0.05) is 7.05 Å². The molecule has 0 radical (unpaired) electrons. The molecule has 0 aliphatic rings. The second-order valence-corrected chi connectivity index (χ2v) is 4.77. The van der Waals surface area contributed by atoms with Crippen LogP contribution in [0.3, 0.4) is 0 Å². The van der Waals surface area contributed by atoms with Crippen LogP contribution in [-0.4, -0.2) is 22.3 Å². The summed E-state index contributed by atoms with van der Waals surface area (Å²) in [6.07, 6.45) is 0.213. The van der Waals surface area contributed by atoms with Gasteiger partial charge in [0.1, 0.15) is 11.6 Å². The Bertz CT molecular complexity index is 635. The number of rotatable bonds is 5. The molecule has 1 amide bonds. The summed E-state index contributed by atoms with van der Waals surface area (Å²) in [5, 5.41) is 7.07. The molecule has 0 aliphatic carbocycles. The average Bonchev–Trinajstić information content (AvgIpc) is 2.68. The molecule has 0 unspecified atom stereocenters. The Morgan fingerprint density at radius 1 is 1.33 bits per heavy atom. The van der Waals surface area contributed by atoms with E-state index in [-0.39, 0.29) is 24.8 Å². The molecule has 0 atom stereocenters. The molecule has 0 fully saturated rings. The number of anilines is 1. The summed E-state index contributed by atoms with van der Waals surface area (Å²) in [5.41, 5.74) is 2.42. The molecule has 5 nitrogen and oxygen atoms in total. The first kappa shape index (κ1) is 15.0. The molecular weight excluding hydrogens is 273 g/mol. The maximum atomic E-state index is 12.7. The van der Waals surface area contributed by atoms with Gasteiger partial charge >= 0.3 is 0 Å². The van der Waals surface area contributed by atoms with Crippen LogP contribution in [0.2, 0.25) is 0 Å². The van der Waals surface area contributed by atoms with Crippen molar-refractivity contribution in [3.8, 4) is 5.75 Å². The average molecular weight is 291 g/mol. The van der Waals surface area contributed by atoms with Crippen molar-refractivity contribution in [2.45, 2.75) is 20.3 Å². The van der Waals surface area contributed by atoms with Crippen molar-refractivity contribution >= 4 is 11.6 Å². The van der Waals surface area contributed by atoms with E-state index in [0.29, 0.717) is 5.75 Å². The standard InChI is InChI=1S/C15H18FN3O2/c1-10-15(11(2)19(3)18-10)17-14(20)8-9-21-13-6-4-12(16)5-7-13/h4-7H,8-9H2,1-3H3,(H,17,20). The topological polar surface area (TPSA) is 56.2 Å². The molecule has 0 saturated heterocycles. The highest BCUT2D eigenvalue weighted by molar-refractivity contribution is 5.91. The van der Waals surface area contributed by atoms with Crippen molar-refractivity contribution in [2.24, 2.45) is 7.05 Å². The minimum Gasteiger partial charge on any atom is -0.493 e. The largest absolute Gasteiger partial charge is 0.493 e. The summed E-state index contributed by atoms with van der Waals surface area (Å²) >= 11 is 0. The number of carbonyl (C=O) groups is 1. The van der Waals surface area contributed by atoms with Crippen molar-refractivity contribution in [3.05, 3.63) is 41.5 Å². The molecule has 0 spiro atoms. The Morgan fingerprint density at radius 2 is 2.00 bits per heavy atom. The Balaban J connectivity index is 1.83. The maximum Gasteiger partial charge on any atom is 0.227 e. The number of aromatic nitrogens is 2. The van der Waals surface area contributed by atoms with Gasteiger partial charge in [-0.2, -0.15) is 5.10 Å². The van der Waals surface area contributed by atoms with Gasteiger partial charge < -0.3 is 10.1 Å². The molecule has 0 aliphatic heterocycles. The molecule has 0 saturated carbocycles.